The second-order valence-electron chi connectivity index (χ2n) is 5.53. The average Bonchev–Trinajstić information content (AvgIpc) is 2.64. The summed E-state index contributed by atoms with van der Waals surface area (Å²) >= 11 is 0. The largest absolute Gasteiger partial charge is 0.496 e. The molecule has 0 unspecified atom stereocenters. The summed E-state index contributed by atoms with van der Waals surface area (Å²) < 4.78 is 29.6. The summed E-state index contributed by atoms with van der Waals surface area (Å²) in [5.41, 5.74) is 8.20. The number of rotatable bonds is 5. The first kappa shape index (κ1) is 20.2. The molecule has 3 N–H and O–H groups in total. The summed E-state index contributed by atoms with van der Waals surface area (Å²) in [6, 6.07) is 10.5. The Morgan fingerprint density at radius 2 is 2.12 bits per heavy atom. The average molecular weight is 473 g/mol. The van der Waals surface area contributed by atoms with Crippen LogP contribution in [-0.4, -0.2) is 19.9 Å². The normalized spacial score (nSPS) is 13.2. The van der Waals surface area contributed by atoms with Gasteiger partial charge in [0.05, 0.1) is 20.3 Å². The maximum Gasteiger partial charge on any atom is 0.189 e. The van der Waals surface area contributed by atoms with E-state index in [9.17, 15) is 4.39 Å². The Balaban J connectivity index is 0.00000243. The number of halogens is 2. The number of guanidine groups is 1. The van der Waals surface area contributed by atoms with Crippen molar-refractivity contribution in [3.8, 4) is 11.5 Å². The van der Waals surface area contributed by atoms with Crippen molar-refractivity contribution in [1.29, 1.82) is 0 Å². The monoisotopic (exact) mass is 473 g/mol. The van der Waals surface area contributed by atoms with Gasteiger partial charge in [-0.25, -0.2) is 9.38 Å². The van der Waals surface area contributed by atoms with Crippen LogP contribution in [0.5, 0.6) is 11.5 Å². The molecule has 140 valence electrons. The number of hydrogen-bond donors (Lipinski definition) is 2. The highest BCUT2D eigenvalue weighted by molar-refractivity contribution is 14.0. The van der Waals surface area contributed by atoms with Crippen LogP contribution in [0.1, 0.15) is 16.7 Å². The number of aliphatic imine (C=N–C) groups is 1. The van der Waals surface area contributed by atoms with Crippen molar-refractivity contribution in [3.05, 3.63) is 58.9 Å². The van der Waals surface area contributed by atoms with Gasteiger partial charge in [-0.15, -0.1) is 24.0 Å². The Hall–Kier alpha value is -2.07. The molecule has 1 heterocycles. The molecule has 0 spiro atoms. The van der Waals surface area contributed by atoms with Gasteiger partial charge in [0.15, 0.2) is 12.8 Å². The summed E-state index contributed by atoms with van der Waals surface area (Å²) in [5.74, 6) is 1.30. The Kier molecular flexibility index (Phi) is 7.46. The second kappa shape index (κ2) is 9.58. The molecule has 0 saturated heterocycles. The molecule has 0 fully saturated rings. The Morgan fingerprint density at radius 3 is 2.92 bits per heavy atom. The molecule has 6 nitrogen and oxygen atoms in total. The fourth-order valence-corrected chi connectivity index (χ4v) is 2.64. The van der Waals surface area contributed by atoms with Crippen LogP contribution in [-0.2, 0) is 24.4 Å². The van der Waals surface area contributed by atoms with Crippen molar-refractivity contribution in [2.24, 2.45) is 10.7 Å². The summed E-state index contributed by atoms with van der Waals surface area (Å²) in [7, 11) is 1.62. The van der Waals surface area contributed by atoms with Gasteiger partial charge in [0, 0.05) is 23.2 Å². The van der Waals surface area contributed by atoms with Gasteiger partial charge in [-0.05, 0) is 18.2 Å². The highest BCUT2D eigenvalue weighted by Gasteiger charge is 2.16. The number of para-hydroxylation sites is 1. The van der Waals surface area contributed by atoms with E-state index in [0.717, 1.165) is 11.3 Å². The number of ether oxygens (including phenoxy) is 3. The molecule has 0 aromatic heterocycles. The lowest BCUT2D eigenvalue weighted by Crippen LogP contribution is -2.31. The highest BCUT2D eigenvalue weighted by Crippen LogP contribution is 2.29. The van der Waals surface area contributed by atoms with Crippen molar-refractivity contribution in [2.45, 2.75) is 19.7 Å². The number of benzene rings is 2. The molecule has 2 aromatic carbocycles. The molecule has 0 saturated carbocycles. The quantitative estimate of drug-likeness (QED) is 0.397. The summed E-state index contributed by atoms with van der Waals surface area (Å²) in [5, 5.41) is 3.03. The predicted molar refractivity (Wildman–Crippen MR) is 107 cm³/mol. The van der Waals surface area contributed by atoms with E-state index in [1.54, 1.807) is 7.11 Å². The Morgan fingerprint density at radius 1 is 1.31 bits per heavy atom. The van der Waals surface area contributed by atoms with Crippen LogP contribution in [0.3, 0.4) is 0 Å². The lowest BCUT2D eigenvalue weighted by molar-refractivity contribution is -0.0172. The molecular weight excluding hydrogens is 452 g/mol. The number of hydrogen-bond acceptors (Lipinski definition) is 4. The number of nitrogens with zero attached hydrogens (tertiary/aromatic N) is 1. The van der Waals surface area contributed by atoms with Crippen molar-refractivity contribution in [2.75, 3.05) is 13.9 Å². The fraction of sp³-hybridized carbons (Fsp3) is 0.278. The third kappa shape index (κ3) is 4.98. The van der Waals surface area contributed by atoms with E-state index in [-0.39, 0.29) is 49.1 Å². The standard InChI is InChI=1S/C18H20FN3O3.HI/c1-23-16-5-3-2-4-12(16)8-21-18(20)22-9-13-6-15(19)7-14-10-24-11-25-17(13)14;/h2-7H,8-11H2,1H3,(H3,20,21,22);1H. The van der Waals surface area contributed by atoms with Gasteiger partial charge in [0.25, 0.3) is 0 Å². The molecule has 8 heteroatoms. The van der Waals surface area contributed by atoms with Gasteiger partial charge in [0.1, 0.15) is 17.3 Å². The van der Waals surface area contributed by atoms with Gasteiger partial charge in [-0.2, -0.15) is 0 Å². The van der Waals surface area contributed by atoms with Crippen LogP contribution in [0, 0.1) is 5.82 Å². The number of fused-ring (bicyclic) bond motifs is 1. The van der Waals surface area contributed by atoms with Crippen LogP contribution in [0.15, 0.2) is 41.4 Å². The molecule has 0 amide bonds. The van der Waals surface area contributed by atoms with E-state index >= 15 is 0 Å². The first-order valence-electron chi connectivity index (χ1n) is 7.85. The molecule has 1 aliphatic heterocycles. The van der Waals surface area contributed by atoms with E-state index in [1.165, 1.54) is 12.1 Å². The molecule has 2 aromatic rings. The number of nitrogens with two attached hydrogens (primary N) is 1. The molecule has 3 rings (SSSR count). The first-order chi connectivity index (χ1) is 12.2. The maximum absolute atomic E-state index is 13.7. The van der Waals surface area contributed by atoms with Crippen LogP contribution in [0.2, 0.25) is 0 Å². The zero-order chi connectivity index (χ0) is 17.6. The lowest BCUT2D eigenvalue weighted by atomic mass is 10.1. The molecule has 1 aliphatic rings. The van der Waals surface area contributed by atoms with Gasteiger partial charge >= 0.3 is 0 Å². The lowest BCUT2D eigenvalue weighted by Gasteiger charge is -2.20. The number of nitrogens with one attached hydrogen (secondary N) is 1. The van der Waals surface area contributed by atoms with Crippen molar-refractivity contribution < 1.29 is 18.6 Å². The topological polar surface area (TPSA) is 78.1 Å². The third-order valence-electron chi connectivity index (χ3n) is 3.82. The van der Waals surface area contributed by atoms with E-state index in [2.05, 4.69) is 10.3 Å². The SMILES string of the molecule is COc1ccccc1CNC(N)=NCc1cc(F)cc2c1OCOC2.I. The molecule has 0 atom stereocenters. The van der Waals surface area contributed by atoms with E-state index in [4.69, 9.17) is 19.9 Å². The van der Waals surface area contributed by atoms with Gasteiger partial charge in [-0.3, -0.25) is 0 Å². The zero-order valence-corrected chi connectivity index (χ0v) is 16.7. The highest BCUT2D eigenvalue weighted by atomic mass is 127. The van der Waals surface area contributed by atoms with Crippen LogP contribution < -0.4 is 20.5 Å². The van der Waals surface area contributed by atoms with Gasteiger partial charge in [-0.1, -0.05) is 18.2 Å². The third-order valence-corrected chi connectivity index (χ3v) is 3.82. The van der Waals surface area contributed by atoms with E-state index in [0.29, 0.717) is 30.0 Å². The first-order valence-corrected chi connectivity index (χ1v) is 7.85. The van der Waals surface area contributed by atoms with Crippen molar-refractivity contribution in [1.82, 2.24) is 5.32 Å². The summed E-state index contributed by atoms with van der Waals surface area (Å²) in [6.07, 6.45) is 0. The minimum Gasteiger partial charge on any atom is -0.496 e. The number of methoxy groups -OCH3 is 1. The maximum atomic E-state index is 13.7. The molecular formula is C18H21FIN3O3. The van der Waals surface area contributed by atoms with Crippen LogP contribution in [0.25, 0.3) is 0 Å². The van der Waals surface area contributed by atoms with Crippen molar-refractivity contribution in [3.63, 3.8) is 0 Å². The van der Waals surface area contributed by atoms with Gasteiger partial charge in [0.2, 0.25) is 0 Å². The molecule has 0 bridgehead atoms. The summed E-state index contributed by atoms with van der Waals surface area (Å²) in [6.45, 7) is 1.16. The van der Waals surface area contributed by atoms with E-state index in [1.807, 2.05) is 24.3 Å². The molecule has 0 radical (unpaired) electrons. The fourth-order valence-electron chi connectivity index (χ4n) is 2.64. The van der Waals surface area contributed by atoms with Crippen LogP contribution >= 0.6 is 24.0 Å². The van der Waals surface area contributed by atoms with Crippen molar-refractivity contribution >= 4 is 29.9 Å². The Bertz CT molecular complexity index is 786. The van der Waals surface area contributed by atoms with Crippen LogP contribution in [0.4, 0.5) is 4.39 Å². The molecule has 26 heavy (non-hydrogen) atoms. The Labute approximate surface area is 168 Å². The van der Waals surface area contributed by atoms with E-state index < -0.39 is 0 Å². The van der Waals surface area contributed by atoms with Gasteiger partial charge < -0.3 is 25.3 Å². The zero-order valence-electron chi connectivity index (χ0n) is 14.3. The minimum atomic E-state index is -0.349. The second-order valence-corrected chi connectivity index (χ2v) is 5.53. The summed E-state index contributed by atoms with van der Waals surface area (Å²) in [4.78, 5) is 4.27. The predicted octanol–water partition coefficient (Wildman–Crippen LogP) is 2.92. The smallest absolute Gasteiger partial charge is 0.189 e. The minimum absolute atomic E-state index is 0. The molecule has 0 aliphatic carbocycles.